The molecular weight excluding hydrogens is 412 g/mol. The summed E-state index contributed by atoms with van der Waals surface area (Å²) in [4.78, 5) is 49.5. The summed E-state index contributed by atoms with van der Waals surface area (Å²) in [5.74, 6) is -1.96. The van der Waals surface area contributed by atoms with Crippen molar-refractivity contribution in [2.24, 2.45) is 11.7 Å². The minimum absolute atomic E-state index is 0.224. The van der Waals surface area contributed by atoms with E-state index in [0.717, 1.165) is 5.56 Å². The van der Waals surface area contributed by atoms with E-state index in [2.05, 4.69) is 16.0 Å². The van der Waals surface area contributed by atoms with Gasteiger partial charge < -0.3 is 26.4 Å². The van der Waals surface area contributed by atoms with Gasteiger partial charge in [0.05, 0.1) is 0 Å². The number of alkyl carbamates (subject to hydrolysis) is 1. The van der Waals surface area contributed by atoms with Gasteiger partial charge in [-0.25, -0.2) is 4.79 Å². The molecule has 0 aromatic heterocycles. The highest BCUT2D eigenvalue weighted by Gasteiger charge is 2.31. The smallest absolute Gasteiger partial charge is 0.408 e. The van der Waals surface area contributed by atoms with Gasteiger partial charge in [-0.1, -0.05) is 50.6 Å². The number of hydrogen-bond acceptors (Lipinski definition) is 5. The molecule has 1 aromatic carbocycles. The van der Waals surface area contributed by atoms with Crippen molar-refractivity contribution in [1.29, 1.82) is 0 Å². The summed E-state index contributed by atoms with van der Waals surface area (Å²) in [5, 5.41) is 7.78. The molecule has 0 bridgehead atoms. The van der Waals surface area contributed by atoms with Crippen LogP contribution in [-0.2, 0) is 25.5 Å². The molecule has 1 rings (SSSR count). The molecule has 1 aromatic rings. The van der Waals surface area contributed by atoms with Crippen LogP contribution in [0.3, 0.4) is 0 Å². The standard InChI is InChI=1S/C23H36N4O5/c1-7-14(2)18(27-20(29)15(3)25-22(31)32-23(4,5)6)21(30)26-17(19(24)28)13-16-11-9-8-10-12-16/h8-12,14-15,17-18H,7,13H2,1-6H3,(H2,24,28)(H,25,31)(H,26,30)(H,27,29)/t14-,15-,17-,18-/m0/s1. The van der Waals surface area contributed by atoms with Crippen molar-refractivity contribution in [3.8, 4) is 0 Å². The quantitative estimate of drug-likeness (QED) is 0.431. The van der Waals surface area contributed by atoms with Gasteiger partial charge in [-0.2, -0.15) is 0 Å². The van der Waals surface area contributed by atoms with Crippen LogP contribution in [0.25, 0.3) is 0 Å². The number of carbonyl (C=O) groups is 4. The van der Waals surface area contributed by atoms with Crippen molar-refractivity contribution in [2.45, 2.75) is 78.1 Å². The molecule has 0 aliphatic heterocycles. The van der Waals surface area contributed by atoms with Crippen LogP contribution in [0.1, 0.15) is 53.5 Å². The van der Waals surface area contributed by atoms with Gasteiger partial charge in [0.15, 0.2) is 0 Å². The van der Waals surface area contributed by atoms with E-state index >= 15 is 0 Å². The molecule has 0 unspecified atom stereocenters. The number of ether oxygens (including phenoxy) is 1. The predicted molar refractivity (Wildman–Crippen MR) is 121 cm³/mol. The number of carbonyl (C=O) groups excluding carboxylic acids is 4. The van der Waals surface area contributed by atoms with Crippen LogP contribution in [0.4, 0.5) is 4.79 Å². The lowest BCUT2D eigenvalue weighted by molar-refractivity contribution is -0.133. The van der Waals surface area contributed by atoms with E-state index < -0.39 is 47.5 Å². The third-order valence-electron chi connectivity index (χ3n) is 4.86. The maximum absolute atomic E-state index is 13.0. The predicted octanol–water partition coefficient (Wildman–Crippen LogP) is 1.64. The SMILES string of the molecule is CC[C@H](C)[C@H](NC(=O)[C@H](C)NC(=O)OC(C)(C)C)C(=O)N[C@@H](Cc1ccccc1)C(N)=O. The number of primary amides is 1. The van der Waals surface area contributed by atoms with E-state index in [1.165, 1.54) is 6.92 Å². The number of nitrogens with one attached hydrogen (secondary N) is 3. The monoisotopic (exact) mass is 448 g/mol. The average molecular weight is 449 g/mol. The normalized spacial score (nSPS) is 14.9. The van der Waals surface area contributed by atoms with E-state index in [1.807, 2.05) is 44.2 Å². The highest BCUT2D eigenvalue weighted by atomic mass is 16.6. The highest BCUT2D eigenvalue weighted by Crippen LogP contribution is 2.11. The molecular formula is C23H36N4O5. The Morgan fingerprint density at radius 2 is 1.56 bits per heavy atom. The largest absolute Gasteiger partial charge is 0.444 e. The molecule has 178 valence electrons. The molecule has 0 saturated carbocycles. The van der Waals surface area contributed by atoms with E-state index in [1.54, 1.807) is 20.8 Å². The second-order valence-corrected chi connectivity index (χ2v) is 8.89. The Kier molecular flexibility index (Phi) is 10.2. The average Bonchev–Trinajstić information content (AvgIpc) is 2.69. The van der Waals surface area contributed by atoms with Crippen LogP contribution in [0.2, 0.25) is 0 Å². The number of rotatable bonds is 10. The molecule has 32 heavy (non-hydrogen) atoms. The summed E-state index contributed by atoms with van der Waals surface area (Å²) in [6.07, 6.45) is 0.104. The molecule has 0 fully saturated rings. The zero-order chi connectivity index (χ0) is 24.5. The molecule has 0 heterocycles. The third kappa shape index (κ3) is 9.36. The van der Waals surface area contributed by atoms with Crippen molar-refractivity contribution in [1.82, 2.24) is 16.0 Å². The van der Waals surface area contributed by atoms with Gasteiger partial charge >= 0.3 is 6.09 Å². The summed E-state index contributed by atoms with van der Waals surface area (Å²) >= 11 is 0. The molecule has 0 aliphatic carbocycles. The molecule has 4 amide bonds. The number of amides is 4. The molecule has 0 saturated heterocycles. The summed E-state index contributed by atoms with van der Waals surface area (Å²) in [5.41, 5.74) is 5.63. The van der Waals surface area contributed by atoms with Crippen LogP contribution in [-0.4, -0.2) is 47.5 Å². The summed E-state index contributed by atoms with van der Waals surface area (Å²) in [6, 6.07) is 6.41. The Morgan fingerprint density at radius 1 is 0.969 bits per heavy atom. The fraction of sp³-hybridized carbons (Fsp3) is 0.565. The molecule has 4 atom stereocenters. The Bertz CT molecular complexity index is 791. The van der Waals surface area contributed by atoms with Crippen LogP contribution in [0, 0.1) is 5.92 Å². The molecule has 0 spiro atoms. The molecule has 0 aliphatic rings. The van der Waals surface area contributed by atoms with E-state index in [9.17, 15) is 19.2 Å². The Morgan fingerprint density at radius 3 is 2.06 bits per heavy atom. The Hall–Kier alpha value is -3.10. The maximum Gasteiger partial charge on any atom is 0.408 e. The van der Waals surface area contributed by atoms with Crippen molar-refractivity contribution >= 4 is 23.8 Å². The van der Waals surface area contributed by atoms with Gasteiger partial charge in [-0.05, 0) is 39.2 Å². The van der Waals surface area contributed by atoms with E-state index in [0.29, 0.717) is 6.42 Å². The zero-order valence-corrected chi connectivity index (χ0v) is 19.7. The minimum Gasteiger partial charge on any atom is -0.444 e. The molecule has 9 heteroatoms. The van der Waals surface area contributed by atoms with E-state index in [-0.39, 0.29) is 12.3 Å². The molecule has 5 N–H and O–H groups in total. The highest BCUT2D eigenvalue weighted by molar-refractivity contribution is 5.93. The first-order valence-corrected chi connectivity index (χ1v) is 10.8. The van der Waals surface area contributed by atoms with Crippen molar-refractivity contribution in [3.63, 3.8) is 0 Å². The Balaban J connectivity index is 2.85. The van der Waals surface area contributed by atoms with Crippen LogP contribution in [0.5, 0.6) is 0 Å². The number of nitrogens with two attached hydrogens (primary N) is 1. The summed E-state index contributed by atoms with van der Waals surface area (Å²) < 4.78 is 5.15. The first-order valence-electron chi connectivity index (χ1n) is 10.8. The molecule has 9 nitrogen and oxygen atoms in total. The van der Waals surface area contributed by atoms with Crippen molar-refractivity contribution in [2.75, 3.05) is 0 Å². The van der Waals surface area contributed by atoms with Crippen LogP contribution in [0.15, 0.2) is 30.3 Å². The fourth-order valence-corrected chi connectivity index (χ4v) is 2.86. The van der Waals surface area contributed by atoms with Crippen LogP contribution < -0.4 is 21.7 Å². The van der Waals surface area contributed by atoms with Crippen LogP contribution >= 0.6 is 0 Å². The van der Waals surface area contributed by atoms with Crippen molar-refractivity contribution < 1.29 is 23.9 Å². The summed E-state index contributed by atoms with van der Waals surface area (Å²) in [6.45, 7) is 10.3. The molecule has 0 radical (unpaired) electrons. The number of hydrogen-bond donors (Lipinski definition) is 4. The van der Waals surface area contributed by atoms with Gasteiger partial charge in [0.2, 0.25) is 17.7 Å². The summed E-state index contributed by atoms with van der Waals surface area (Å²) in [7, 11) is 0. The minimum atomic E-state index is -0.930. The van der Waals surface area contributed by atoms with Gasteiger partial charge in [-0.3, -0.25) is 14.4 Å². The lowest BCUT2D eigenvalue weighted by atomic mass is 9.97. The van der Waals surface area contributed by atoms with E-state index in [4.69, 9.17) is 10.5 Å². The topological polar surface area (TPSA) is 140 Å². The van der Waals surface area contributed by atoms with Gasteiger partial charge in [0.25, 0.3) is 0 Å². The first-order chi connectivity index (χ1) is 14.8. The van der Waals surface area contributed by atoms with Gasteiger partial charge in [0, 0.05) is 6.42 Å². The lowest BCUT2D eigenvalue weighted by Gasteiger charge is -2.27. The Labute approximate surface area is 189 Å². The van der Waals surface area contributed by atoms with Gasteiger partial charge in [-0.15, -0.1) is 0 Å². The second-order valence-electron chi connectivity index (χ2n) is 8.89. The maximum atomic E-state index is 13.0. The second kappa shape index (κ2) is 12.1. The number of benzene rings is 1. The fourth-order valence-electron chi connectivity index (χ4n) is 2.86. The first kappa shape index (κ1) is 26.9. The van der Waals surface area contributed by atoms with Gasteiger partial charge in [0.1, 0.15) is 23.7 Å². The van der Waals surface area contributed by atoms with Crippen molar-refractivity contribution in [3.05, 3.63) is 35.9 Å². The third-order valence-corrected chi connectivity index (χ3v) is 4.86. The lowest BCUT2D eigenvalue weighted by Crippen LogP contribution is -2.58. The zero-order valence-electron chi connectivity index (χ0n) is 19.7.